The normalized spacial score (nSPS) is 22.7. The van der Waals surface area contributed by atoms with Gasteiger partial charge in [-0.1, -0.05) is 0 Å². The fraction of sp³-hybridized carbons (Fsp3) is 0.647. The average molecular weight is 288 g/mol. The molecular formula is C17H28N4. The molecule has 2 fully saturated rings. The van der Waals surface area contributed by atoms with Crippen molar-refractivity contribution in [3.63, 3.8) is 0 Å². The monoisotopic (exact) mass is 288 g/mol. The third kappa shape index (κ3) is 3.33. The minimum absolute atomic E-state index is 0.802. The molecule has 21 heavy (non-hydrogen) atoms. The first-order chi connectivity index (χ1) is 10.1. The van der Waals surface area contributed by atoms with E-state index in [1.54, 1.807) is 0 Å². The molecule has 0 amide bonds. The Labute approximate surface area is 128 Å². The Kier molecular flexibility index (Phi) is 4.36. The molecule has 116 valence electrons. The third-order valence-corrected chi connectivity index (χ3v) is 5.08. The van der Waals surface area contributed by atoms with E-state index in [0.29, 0.717) is 0 Å². The second kappa shape index (κ2) is 6.24. The van der Waals surface area contributed by atoms with Crippen LogP contribution in [0.4, 0.5) is 11.4 Å². The highest BCUT2D eigenvalue weighted by atomic mass is 15.3. The first-order valence-corrected chi connectivity index (χ1v) is 8.17. The number of benzene rings is 1. The molecule has 0 radical (unpaired) electrons. The van der Waals surface area contributed by atoms with E-state index in [2.05, 4.69) is 40.8 Å². The van der Waals surface area contributed by atoms with Crippen LogP contribution in [0.3, 0.4) is 0 Å². The van der Waals surface area contributed by atoms with Gasteiger partial charge in [-0.25, -0.2) is 0 Å². The summed E-state index contributed by atoms with van der Waals surface area (Å²) in [5.74, 6) is 0. The van der Waals surface area contributed by atoms with Gasteiger partial charge in [0, 0.05) is 43.6 Å². The van der Waals surface area contributed by atoms with Crippen LogP contribution in [0, 0.1) is 6.92 Å². The zero-order valence-electron chi connectivity index (χ0n) is 13.4. The molecule has 0 aromatic heterocycles. The molecule has 1 aromatic rings. The lowest BCUT2D eigenvalue weighted by atomic mass is 10.0. The fourth-order valence-electron chi connectivity index (χ4n) is 3.72. The molecule has 2 N–H and O–H groups in total. The topological polar surface area (TPSA) is 35.7 Å². The maximum atomic E-state index is 5.86. The molecular weight excluding hydrogens is 260 g/mol. The zero-order valence-corrected chi connectivity index (χ0v) is 13.4. The number of nitrogens with zero attached hydrogens (tertiary/aromatic N) is 3. The SMILES string of the molecule is Cc1cc(N)ccc1N1CCN(C2CCN(C)CC2)CC1. The molecule has 2 heterocycles. The van der Waals surface area contributed by atoms with Crippen molar-refractivity contribution in [3.8, 4) is 0 Å². The van der Waals surface area contributed by atoms with E-state index in [0.717, 1.165) is 24.8 Å². The van der Waals surface area contributed by atoms with E-state index in [4.69, 9.17) is 5.73 Å². The van der Waals surface area contributed by atoms with E-state index < -0.39 is 0 Å². The molecule has 2 aliphatic heterocycles. The van der Waals surface area contributed by atoms with Gasteiger partial charge in [-0.2, -0.15) is 0 Å². The number of likely N-dealkylation sites (tertiary alicyclic amines) is 1. The lowest BCUT2D eigenvalue weighted by Gasteiger charge is -2.43. The highest BCUT2D eigenvalue weighted by molar-refractivity contribution is 5.59. The molecule has 0 saturated carbocycles. The molecule has 2 aliphatic rings. The van der Waals surface area contributed by atoms with Gasteiger partial charge in [0.25, 0.3) is 0 Å². The maximum absolute atomic E-state index is 5.86. The van der Waals surface area contributed by atoms with E-state index >= 15 is 0 Å². The summed E-state index contributed by atoms with van der Waals surface area (Å²) in [7, 11) is 2.23. The number of aryl methyl sites for hydroxylation is 1. The number of hydrogen-bond acceptors (Lipinski definition) is 4. The van der Waals surface area contributed by atoms with Crippen molar-refractivity contribution in [2.24, 2.45) is 0 Å². The van der Waals surface area contributed by atoms with Crippen molar-refractivity contribution in [1.29, 1.82) is 0 Å². The predicted octanol–water partition coefficient (Wildman–Crippen LogP) is 1.79. The van der Waals surface area contributed by atoms with Crippen LogP contribution in [0.15, 0.2) is 18.2 Å². The van der Waals surface area contributed by atoms with Crippen LogP contribution in [-0.4, -0.2) is 62.2 Å². The Hall–Kier alpha value is -1.26. The van der Waals surface area contributed by atoms with Gasteiger partial charge < -0.3 is 15.5 Å². The number of anilines is 2. The van der Waals surface area contributed by atoms with E-state index in [9.17, 15) is 0 Å². The minimum Gasteiger partial charge on any atom is -0.399 e. The van der Waals surface area contributed by atoms with Gasteiger partial charge >= 0.3 is 0 Å². The van der Waals surface area contributed by atoms with Gasteiger partial charge in [-0.15, -0.1) is 0 Å². The average Bonchev–Trinajstić information content (AvgIpc) is 2.48. The summed E-state index contributed by atoms with van der Waals surface area (Å²) in [6.07, 6.45) is 2.66. The van der Waals surface area contributed by atoms with Crippen molar-refractivity contribution in [2.45, 2.75) is 25.8 Å². The highest BCUT2D eigenvalue weighted by Crippen LogP contribution is 2.25. The minimum atomic E-state index is 0.802. The Morgan fingerprint density at radius 1 is 1.00 bits per heavy atom. The van der Waals surface area contributed by atoms with Crippen LogP contribution in [0.25, 0.3) is 0 Å². The molecule has 0 unspecified atom stereocenters. The largest absolute Gasteiger partial charge is 0.399 e. The Balaban J connectivity index is 1.57. The van der Waals surface area contributed by atoms with Crippen LogP contribution < -0.4 is 10.6 Å². The number of nitrogen functional groups attached to an aromatic ring is 1. The number of rotatable bonds is 2. The molecule has 0 atom stereocenters. The molecule has 4 heteroatoms. The van der Waals surface area contributed by atoms with Crippen LogP contribution >= 0.6 is 0 Å². The van der Waals surface area contributed by atoms with Crippen molar-refractivity contribution < 1.29 is 0 Å². The number of hydrogen-bond donors (Lipinski definition) is 1. The molecule has 1 aromatic carbocycles. The lowest BCUT2D eigenvalue weighted by molar-refractivity contribution is 0.115. The molecule has 3 rings (SSSR count). The number of piperazine rings is 1. The summed E-state index contributed by atoms with van der Waals surface area (Å²) in [6, 6.07) is 7.08. The van der Waals surface area contributed by atoms with E-state index in [1.807, 2.05) is 6.07 Å². The van der Waals surface area contributed by atoms with Crippen molar-refractivity contribution in [2.75, 3.05) is 56.9 Å². The summed E-state index contributed by atoms with van der Waals surface area (Å²) in [5.41, 5.74) is 9.37. The van der Waals surface area contributed by atoms with Crippen LogP contribution in [0.5, 0.6) is 0 Å². The predicted molar refractivity (Wildman–Crippen MR) is 89.9 cm³/mol. The molecule has 4 nitrogen and oxygen atoms in total. The van der Waals surface area contributed by atoms with E-state index in [1.165, 1.54) is 50.3 Å². The molecule has 2 saturated heterocycles. The second-order valence-corrected chi connectivity index (χ2v) is 6.60. The smallest absolute Gasteiger partial charge is 0.0398 e. The van der Waals surface area contributed by atoms with Crippen LogP contribution in [0.2, 0.25) is 0 Å². The first kappa shape index (κ1) is 14.7. The Bertz CT molecular complexity index is 472. The lowest BCUT2D eigenvalue weighted by Crippen LogP contribution is -2.53. The maximum Gasteiger partial charge on any atom is 0.0398 e. The van der Waals surface area contributed by atoms with Crippen LogP contribution in [0.1, 0.15) is 18.4 Å². The fourth-order valence-corrected chi connectivity index (χ4v) is 3.72. The summed E-state index contributed by atoms with van der Waals surface area (Å²) in [6.45, 7) is 9.32. The third-order valence-electron chi connectivity index (χ3n) is 5.08. The van der Waals surface area contributed by atoms with Crippen molar-refractivity contribution in [3.05, 3.63) is 23.8 Å². The Morgan fingerprint density at radius 2 is 1.67 bits per heavy atom. The van der Waals surface area contributed by atoms with Gasteiger partial charge in [0.1, 0.15) is 0 Å². The van der Waals surface area contributed by atoms with Gasteiger partial charge in [0.05, 0.1) is 0 Å². The van der Waals surface area contributed by atoms with Gasteiger partial charge in [-0.05, 0) is 63.7 Å². The zero-order chi connectivity index (χ0) is 14.8. The Morgan fingerprint density at radius 3 is 2.29 bits per heavy atom. The van der Waals surface area contributed by atoms with Gasteiger partial charge in [-0.3, -0.25) is 4.90 Å². The highest BCUT2D eigenvalue weighted by Gasteiger charge is 2.26. The number of piperidine rings is 1. The first-order valence-electron chi connectivity index (χ1n) is 8.17. The quantitative estimate of drug-likeness (QED) is 0.842. The molecule has 0 spiro atoms. The summed E-state index contributed by atoms with van der Waals surface area (Å²) in [4.78, 5) is 7.67. The van der Waals surface area contributed by atoms with E-state index in [-0.39, 0.29) is 0 Å². The summed E-state index contributed by atoms with van der Waals surface area (Å²) in [5, 5.41) is 0. The number of nitrogens with two attached hydrogens (primary N) is 1. The van der Waals surface area contributed by atoms with Crippen LogP contribution in [-0.2, 0) is 0 Å². The van der Waals surface area contributed by atoms with Gasteiger partial charge in [0.15, 0.2) is 0 Å². The van der Waals surface area contributed by atoms with Crippen molar-refractivity contribution >= 4 is 11.4 Å². The molecule has 0 bridgehead atoms. The van der Waals surface area contributed by atoms with Crippen molar-refractivity contribution in [1.82, 2.24) is 9.80 Å². The second-order valence-electron chi connectivity index (χ2n) is 6.60. The summed E-state index contributed by atoms with van der Waals surface area (Å²) >= 11 is 0. The summed E-state index contributed by atoms with van der Waals surface area (Å²) < 4.78 is 0. The standard InChI is InChI=1S/C17H28N4/c1-14-13-15(18)3-4-17(14)21-11-9-20(10-12-21)16-5-7-19(2)8-6-16/h3-4,13,16H,5-12,18H2,1-2H3. The van der Waals surface area contributed by atoms with Gasteiger partial charge in [0.2, 0.25) is 0 Å². The molecule has 0 aliphatic carbocycles.